The first-order valence-electron chi connectivity index (χ1n) is 11.5. The molecule has 0 spiro atoms. The van der Waals surface area contributed by atoms with Crippen molar-refractivity contribution >= 4 is 10.9 Å². The van der Waals surface area contributed by atoms with Crippen LogP contribution in [0.3, 0.4) is 0 Å². The Hall–Kier alpha value is -2.54. The quantitative estimate of drug-likeness (QED) is 0.648. The third-order valence-electron chi connectivity index (χ3n) is 6.87. The van der Waals surface area contributed by atoms with Crippen molar-refractivity contribution in [2.24, 2.45) is 5.92 Å². The molecule has 0 aliphatic carbocycles. The smallest absolute Gasteiger partial charge is 0.253 e. The number of hydrogen-bond donors (Lipinski definition) is 1. The summed E-state index contributed by atoms with van der Waals surface area (Å²) in [6.07, 6.45) is 4.17. The first kappa shape index (κ1) is 21.7. The monoisotopic (exact) mass is 422 g/mol. The van der Waals surface area contributed by atoms with Crippen LogP contribution in [-0.4, -0.2) is 43.2 Å². The van der Waals surface area contributed by atoms with Crippen LogP contribution in [0.15, 0.2) is 29.1 Å². The van der Waals surface area contributed by atoms with Crippen molar-refractivity contribution in [2.45, 2.75) is 71.9 Å². The van der Waals surface area contributed by atoms with E-state index in [9.17, 15) is 4.79 Å². The number of likely N-dealkylation sites (tertiary alicyclic amines) is 1. The van der Waals surface area contributed by atoms with Gasteiger partial charge in [-0.3, -0.25) is 9.69 Å². The zero-order valence-corrected chi connectivity index (χ0v) is 19.4. The van der Waals surface area contributed by atoms with Crippen LogP contribution in [0, 0.1) is 5.92 Å². The van der Waals surface area contributed by atoms with E-state index in [1.165, 1.54) is 12.0 Å². The van der Waals surface area contributed by atoms with Crippen molar-refractivity contribution < 1.29 is 0 Å². The number of rotatable bonds is 6. The van der Waals surface area contributed by atoms with E-state index in [0.717, 1.165) is 54.6 Å². The van der Waals surface area contributed by atoms with Crippen LogP contribution in [0.2, 0.25) is 0 Å². The zero-order chi connectivity index (χ0) is 22.2. The Bertz CT molecular complexity index is 1110. The molecule has 1 fully saturated rings. The van der Waals surface area contributed by atoms with Crippen molar-refractivity contribution in [3.05, 3.63) is 51.6 Å². The van der Waals surface area contributed by atoms with Gasteiger partial charge in [0.2, 0.25) is 0 Å². The van der Waals surface area contributed by atoms with Gasteiger partial charge in [-0.15, -0.1) is 5.10 Å². The lowest BCUT2D eigenvalue weighted by molar-refractivity contribution is 0.135. The molecule has 2 aromatic heterocycles. The lowest BCUT2D eigenvalue weighted by atomic mass is 9.94. The number of aryl methyl sites for hydroxylation is 1. The third kappa shape index (κ3) is 4.15. The number of hydrogen-bond acceptors (Lipinski definition) is 5. The summed E-state index contributed by atoms with van der Waals surface area (Å²) >= 11 is 0. The van der Waals surface area contributed by atoms with E-state index in [4.69, 9.17) is 0 Å². The van der Waals surface area contributed by atoms with Crippen molar-refractivity contribution in [1.82, 2.24) is 30.1 Å². The molecule has 7 nitrogen and oxygen atoms in total. The number of pyridine rings is 1. The van der Waals surface area contributed by atoms with Gasteiger partial charge in [0.25, 0.3) is 5.56 Å². The molecular weight excluding hydrogens is 388 g/mol. The summed E-state index contributed by atoms with van der Waals surface area (Å²) in [5.41, 5.74) is 2.54. The second-order valence-corrected chi connectivity index (χ2v) is 9.59. The molecule has 1 aliphatic heterocycles. The highest BCUT2D eigenvalue weighted by atomic mass is 16.1. The number of aromatic amines is 1. The van der Waals surface area contributed by atoms with Crippen LogP contribution in [0.4, 0.5) is 0 Å². The first-order valence-corrected chi connectivity index (χ1v) is 11.5. The Balaban J connectivity index is 1.91. The normalized spacial score (nSPS) is 19.1. The van der Waals surface area contributed by atoms with Gasteiger partial charge in [-0.25, -0.2) is 4.68 Å². The molecule has 0 unspecified atom stereocenters. The van der Waals surface area contributed by atoms with E-state index in [1.807, 2.05) is 10.7 Å². The topological polar surface area (TPSA) is 79.7 Å². The van der Waals surface area contributed by atoms with Gasteiger partial charge in [0.1, 0.15) is 6.04 Å². The molecule has 1 aromatic carbocycles. The molecule has 0 saturated carbocycles. The Kier molecular flexibility index (Phi) is 5.97. The highest BCUT2D eigenvalue weighted by Crippen LogP contribution is 2.33. The van der Waals surface area contributed by atoms with E-state index in [1.54, 1.807) is 0 Å². The molecule has 3 aromatic rings. The number of H-pyrrole nitrogens is 1. The van der Waals surface area contributed by atoms with Gasteiger partial charge in [-0.05, 0) is 91.6 Å². The van der Waals surface area contributed by atoms with Gasteiger partial charge in [0.05, 0.1) is 5.54 Å². The summed E-state index contributed by atoms with van der Waals surface area (Å²) in [5.74, 6) is 1.32. The maximum atomic E-state index is 13.3. The summed E-state index contributed by atoms with van der Waals surface area (Å²) in [7, 11) is 0. The highest BCUT2D eigenvalue weighted by Gasteiger charge is 2.35. The summed E-state index contributed by atoms with van der Waals surface area (Å²) in [6.45, 7) is 12.7. The molecule has 0 radical (unpaired) electrons. The standard InChI is InChI=1S/C24H34N6O/c1-6-17-10-11-20-18(13-17)14-19(23(31)25-20)21(29-12-8-9-16(3)15-29)22-26-27-28-30(22)24(4,5)7-2/h10-11,13-14,16,21H,6-9,12,15H2,1-5H3,(H,25,31)/t16-,21+/m0/s1. The number of tetrazole rings is 1. The van der Waals surface area contributed by atoms with E-state index in [2.05, 4.69) is 78.2 Å². The Morgan fingerprint density at radius 2 is 2.06 bits per heavy atom. The van der Waals surface area contributed by atoms with Crippen LogP contribution in [0.25, 0.3) is 10.9 Å². The maximum Gasteiger partial charge on any atom is 0.253 e. The molecule has 0 bridgehead atoms. The molecule has 1 saturated heterocycles. The molecule has 166 valence electrons. The van der Waals surface area contributed by atoms with Gasteiger partial charge in [-0.1, -0.05) is 26.8 Å². The van der Waals surface area contributed by atoms with Gasteiger partial charge in [-0.2, -0.15) is 0 Å². The number of nitrogens with zero attached hydrogens (tertiary/aromatic N) is 5. The van der Waals surface area contributed by atoms with E-state index in [0.29, 0.717) is 5.92 Å². The van der Waals surface area contributed by atoms with Gasteiger partial charge < -0.3 is 4.98 Å². The fraction of sp³-hybridized carbons (Fsp3) is 0.583. The molecule has 0 amide bonds. The molecule has 2 atom stereocenters. The molecule has 3 heterocycles. The minimum absolute atomic E-state index is 0.0659. The second kappa shape index (κ2) is 8.54. The molecule has 4 rings (SSSR count). The molecular formula is C24H34N6O. The molecule has 1 N–H and O–H groups in total. The molecule has 7 heteroatoms. The summed E-state index contributed by atoms with van der Waals surface area (Å²) in [6, 6.07) is 8.02. The lowest BCUT2D eigenvalue weighted by Gasteiger charge is -2.37. The fourth-order valence-corrected chi connectivity index (χ4v) is 4.60. The number of fused-ring (bicyclic) bond motifs is 1. The number of aromatic nitrogens is 5. The van der Waals surface area contributed by atoms with Gasteiger partial charge in [0, 0.05) is 17.6 Å². The van der Waals surface area contributed by atoms with Crippen molar-refractivity contribution in [3.8, 4) is 0 Å². The second-order valence-electron chi connectivity index (χ2n) is 9.59. The van der Waals surface area contributed by atoms with E-state index < -0.39 is 0 Å². The minimum Gasteiger partial charge on any atom is -0.322 e. The lowest BCUT2D eigenvalue weighted by Crippen LogP contribution is -2.42. The Morgan fingerprint density at radius 3 is 2.77 bits per heavy atom. The number of benzene rings is 1. The van der Waals surface area contributed by atoms with E-state index >= 15 is 0 Å². The number of piperidine rings is 1. The average Bonchev–Trinajstić information content (AvgIpc) is 3.24. The summed E-state index contributed by atoms with van der Waals surface area (Å²) in [4.78, 5) is 18.8. The van der Waals surface area contributed by atoms with Crippen LogP contribution in [-0.2, 0) is 12.0 Å². The SMILES string of the molecule is CCc1ccc2[nH]c(=O)c([C@H](c3nnnn3C(C)(C)CC)N3CCC[C@H](C)C3)cc2c1. The van der Waals surface area contributed by atoms with Crippen molar-refractivity contribution in [3.63, 3.8) is 0 Å². The van der Waals surface area contributed by atoms with Gasteiger partial charge >= 0.3 is 0 Å². The third-order valence-corrected chi connectivity index (χ3v) is 6.87. The number of nitrogens with one attached hydrogen (secondary N) is 1. The molecule has 1 aliphatic rings. The largest absolute Gasteiger partial charge is 0.322 e. The Morgan fingerprint density at radius 1 is 1.26 bits per heavy atom. The maximum absolute atomic E-state index is 13.3. The van der Waals surface area contributed by atoms with Crippen LogP contribution in [0.5, 0.6) is 0 Å². The summed E-state index contributed by atoms with van der Waals surface area (Å²) < 4.78 is 1.92. The van der Waals surface area contributed by atoms with Crippen LogP contribution >= 0.6 is 0 Å². The molecule has 31 heavy (non-hydrogen) atoms. The minimum atomic E-state index is -0.276. The van der Waals surface area contributed by atoms with Crippen molar-refractivity contribution in [2.75, 3.05) is 13.1 Å². The highest BCUT2D eigenvalue weighted by molar-refractivity contribution is 5.80. The van der Waals surface area contributed by atoms with Crippen molar-refractivity contribution in [1.29, 1.82) is 0 Å². The van der Waals surface area contributed by atoms with Crippen LogP contribution in [0.1, 0.15) is 76.9 Å². The Labute approximate surface area is 183 Å². The van der Waals surface area contributed by atoms with Crippen LogP contribution < -0.4 is 5.56 Å². The zero-order valence-electron chi connectivity index (χ0n) is 19.4. The average molecular weight is 423 g/mol. The van der Waals surface area contributed by atoms with Gasteiger partial charge in [0.15, 0.2) is 5.82 Å². The first-order chi connectivity index (χ1) is 14.8. The predicted molar refractivity (Wildman–Crippen MR) is 123 cm³/mol. The van der Waals surface area contributed by atoms with E-state index in [-0.39, 0.29) is 17.1 Å². The summed E-state index contributed by atoms with van der Waals surface area (Å²) in [5, 5.41) is 13.9. The predicted octanol–water partition coefficient (Wildman–Crippen LogP) is 4.04. The fourth-order valence-electron chi connectivity index (χ4n) is 4.60.